The van der Waals surface area contributed by atoms with Gasteiger partial charge >= 0.3 is 0 Å². The number of benzene rings is 1. The number of aromatic nitrogens is 1. The van der Waals surface area contributed by atoms with Crippen molar-refractivity contribution in [1.29, 1.82) is 0 Å². The van der Waals surface area contributed by atoms with Crippen molar-refractivity contribution >= 4 is 29.7 Å². The van der Waals surface area contributed by atoms with Crippen LogP contribution in [-0.4, -0.2) is 57.9 Å². The third-order valence-corrected chi connectivity index (χ3v) is 7.11. The minimum absolute atomic E-state index is 0.0816. The minimum Gasteiger partial charge on any atom is -0.330 e. The Morgan fingerprint density at radius 1 is 1.24 bits per heavy atom. The molecule has 4 heterocycles. The molecule has 0 radical (unpaired) electrons. The number of rotatable bonds is 7. The van der Waals surface area contributed by atoms with Crippen molar-refractivity contribution in [2.45, 2.75) is 38.6 Å². The molecule has 0 bridgehead atoms. The summed E-state index contributed by atoms with van der Waals surface area (Å²) in [6, 6.07) is 11.2. The Kier molecular flexibility index (Phi) is 6.67. The average molecular weight is 496 g/mol. The maximum absolute atomic E-state index is 12.9. The molecule has 2 aromatic rings. The monoisotopic (exact) mass is 495 g/mol. The highest BCUT2D eigenvalue weighted by Gasteiger charge is 2.46. The van der Waals surface area contributed by atoms with Gasteiger partial charge in [0, 0.05) is 18.3 Å². The zero-order valence-corrected chi connectivity index (χ0v) is 21.2. The second kappa shape index (κ2) is 10.1. The van der Waals surface area contributed by atoms with E-state index in [2.05, 4.69) is 35.8 Å². The number of nitrogens with zero attached hydrogens (tertiary/aromatic N) is 5. The fourth-order valence-electron chi connectivity index (χ4n) is 5.21. The largest absolute Gasteiger partial charge is 0.330 e. The molecule has 1 saturated heterocycles. The Hall–Kier alpha value is -4.17. The molecule has 2 atom stereocenters. The molecule has 1 aromatic carbocycles. The van der Waals surface area contributed by atoms with Gasteiger partial charge in [0.2, 0.25) is 11.7 Å². The topological polar surface area (TPSA) is 87.0 Å². The molecule has 8 nitrogen and oxygen atoms in total. The molecule has 8 heteroatoms. The summed E-state index contributed by atoms with van der Waals surface area (Å²) >= 11 is 0. The van der Waals surface area contributed by atoms with Crippen LogP contribution in [0.1, 0.15) is 47.7 Å². The van der Waals surface area contributed by atoms with E-state index in [1.54, 1.807) is 24.5 Å². The third-order valence-electron chi connectivity index (χ3n) is 7.11. The Morgan fingerprint density at radius 3 is 2.81 bits per heavy atom. The van der Waals surface area contributed by atoms with Crippen LogP contribution in [0.4, 0.5) is 5.82 Å². The van der Waals surface area contributed by atoms with Crippen molar-refractivity contribution < 1.29 is 14.1 Å². The van der Waals surface area contributed by atoms with E-state index >= 15 is 0 Å². The molecular weight excluding hydrogens is 464 g/mol. The summed E-state index contributed by atoms with van der Waals surface area (Å²) in [6.45, 7) is 6.47. The molecular formula is C29H31N6O2+. The average Bonchev–Trinajstić information content (AvgIpc) is 3.51. The van der Waals surface area contributed by atoms with Gasteiger partial charge in [-0.1, -0.05) is 19.9 Å². The lowest BCUT2D eigenvalue weighted by molar-refractivity contribution is -0.713. The fourth-order valence-corrected chi connectivity index (χ4v) is 5.21. The van der Waals surface area contributed by atoms with E-state index < -0.39 is 0 Å². The van der Waals surface area contributed by atoms with Crippen LogP contribution in [0.3, 0.4) is 0 Å². The molecule has 1 N–H and O–H groups in total. The van der Waals surface area contributed by atoms with Crippen LogP contribution in [0.5, 0.6) is 0 Å². The van der Waals surface area contributed by atoms with Crippen molar-refractivity contribution in [1.82, 2.24) is 9.88 Å². The fraction of sp³-hybridized carbons (Fsp3) is 0.276. The number of hydrogen-bond donors (Lipinski definition) is 1. The summed E-state index contributed by atoms with van der Waals surface area (Å²) in [7, 11) is 2.06. The van der Waals surface area contributed by atoms with Crippen molar-refractivity contribution in [2.75, 3.05) is 18.9 Å². The van der Waals surface area contributed by atoms with E-state index in [1.165, 1.54) is 6.08 Å². The van der Waals surface area contributed by atoms with Gasteiger partial charge in [0.1, 0.15) is 17.7 Å². The number of allylic oxidation sites excluding steroid dienone is 1. The summed E-state index contributed by atoms with van der Waals surface area (Å²) in [4.78, 5) is 41.0. The van der Waals surface area contributed by atoms with Gasteiger partial charge in [-0.2, -0.15) is 4.99 Å². The van der Waals surface area contributed by atoms with Crippen LogP contribution in [0.15, 0.2) is 89.0 Å². The van der Waals surface area contributed by atoms with E-state index in [9.17, 15) is 9.59 Å². The maximum atomic E-state index is 12.9. The number of carbonyl (C=O) groups excluding carboxylic acids is 2. The number of carbonyl (C=O) groups is 2. The molecule has 0 spiro atoms. The summed E-state index contributed by atoms with van der Waals surface area (Å²) in [5.74, 6) is 1.08. The van der Waals surface area contributed by atoms with Crippen molar-refractivity contribution in [2.24, 2.45) is 9.98 Å². The minimum atomic E-state index is -0.213. The molecule has 188 valence electrons. The lowest BCUT2D eigenvalue weighted by atomic mass is 10.1. The van der Waals surface area contributed by atoms with Gasteiger partial charge in [-0.05, 0) is 67.3 Å². The number of aliphatic imine (C=N–C) groups is 2. The Balaban J connectivity index is 1.41. The highest BCUT2D eigenvalue weighted by Crippen LogP contribution is 2.38. The molecule has 37 heavy (non-hydrogen) atoms. The summed E-state index contributed by atoms with van der Waals surface area (Å²) in [5, 5.41) is 2.90. The van der Waals surface area contributed by atoms with Gasteiger partial charge in [0.05, 0.1) is 31.1 Å². The highest BCUT2D eigenvalue weighted by molar-refractivity contribution is 6.05. The highest BCUT2D eigenvalue weighted by atomic mass is 16.2. The predicted octanol–water partition coefficient (Wildman–Crippen LogP) is 4.44. The standard InChI is InChI=1S/C29H30N6O2/c1-4-7-20-13-14-31-25(18-20)32-29(37)22-11-9-21(10-12-22)28-33-27(24-19-30-15-17-35(24,28)3)23-8-6-16-34(23)26(36)5-2/h5,9-15,17-19,23H,2,4,6-8,16H2,1,3H3/p+1. The van der Waals surface area contributed by atoms with Crippen molar-refractivity contribution in [3.05, 3.63) is 95.7 Å². The summed E-state index contributed by atoms with van der Waals surface area (Å²) in [5.41, 5.74) is 4.39. The van der Waals surface area contributed by atoms with Gasteiger partial charge < -0.3 is 10.2 Å². The maximum Gasteiger partial charge on any atom is 0.256 e. The normalized spacial score (nSPS) is 22.2. The zero-order chi connectivity index (χ0) is 26.0. The molecule has 3 aliphatic heterocycles. The Labute approximate surface area is 217 Å². The quantitative estimate of drug-likeness (QED) is 0.455. The molecule has 1 aromatic heterocycles. The number of anilines is 1. The number of amidine groups is 1. The summed E-state index contributed by atoms with van der Waals surface area (Å²) in [6.07, 6.45) is 12.4. The molecule has 1 fully saturated rings. The zero-order valence-electron chi connectivity index (χ0n) is 21.2. The van der Waals surface area contributed by atoms with E-state index in [-0.39, 0.29) is 17.9 Å². The molecule has 0 aliphatic carbocycles. The smallest absolute Gasteiger partial charge is 0.256 e. The summed E-state index contributed by atoms with van der Waals surface area (Å²) < 4.78 is 0.352. The first-order chi connectivity index (χ1) is 17.9. The SMILES string of the molecule is C=CC(=O)N1CCCC1C1=C2C=NC=C[N+]2(C)C(c2ccc(C(=O)Nc3cc(CCC)ccn3)cc2)=N1. The molecule has 0 saturated carbocycles. The number of hydrogen-bond acceptors (Lipinski definition) is 5. The van der Waals surface area contributed by atoms with Crippen LogP contribution in [-0.2, 0) is 11.2 Å². The second-order valence-corrected chi connectivity index (χ2v) is 9.58. The van der Waals surface area contributed by atoms with Crippen LogP contribution in [0.25, 0.3) is 0 Å². The number of likely N-dealkylation sites (tertiary alicyclic amines) is 1. The Morgan fingerprint density at radius 2 is 2.05 bits per heavy atom. The van der Waals surface area contributed by atoms with Gasteiger partial charge in [-0.15, -0.1) is 0 Å². The Bertz CT molecular complexity index is 1370. The number of nitrogens with one attached hydrogen (secondary N) is 1. The van der Waals surface area contributed by atoms with Gasteiger partial charge in [0.25, 0.3) is 5.91 Å². The predicted molar refractivity (Wildman–Crippen MR) is 145 cm³/mol. The van der Waals surface area contributed by atoms with Gasteiger partial charge in [-0.25, -0.2) is 9.47 Å². The van der Waals surface area contributed by atoms with E-state index in [4.69, 9.17) is 4.99 Å². The first-order valence-electron chi connectivity index (χ1n) is 12.7. The van der Waals surface area contributed by atoms with Crippen LogP contribution >= 0.6 is 0 Å². The molecule has 2 unspecified atom stereocenters. The van der Waals surface area contributed by atoms with Crippen molar-refractivity contribution in [3.8, 4) is 0 Å². The second-order valence-electron chi connectivity index (χ2n) is 9.58. The van der Waals surface area contributed by atoms with Gasteiger partial charge in [0.15, 0.2) is 5.70 Å². The number of amides is 2. The molecule has 2 amide bonds. The third kappa shape index (κ3) is 4.56. The van der Waals surface area contributed by atoms with Crippen LogP contribution < -0.4 is 5.32 Å². The number of quaternary nitrogens is 1. The number of fused-ring (bicyclic) bond motifs is 1. The molecule has 5 rings (SSSR count). The molecule has 3 aliphatic rings. The van der Waals surface area contributed by atoms with E-state index in [0.717, 1.165) is 54.0 Å². The lowest BCUT2D eigenvalue weighted by Gasteiger charge is -2.29. The van der Waals surface area contributed by atoms with Crippen LogP contribution in [0, 0.1) is 0 Å². The lowest BCUT2D eigenvalue weighted by Crippen LogP contribution is -2.43. The van der Waals surface area contributed by atoms with E-state index in [0.29, 0.717) is 22.4 Å². The number of aryl methyl sites for hydroxylation is 1. The van der Waals surface area contributed by atoms with E-state index in [1.807, 2.05) is 41.6 Å². The van der Waals surface area contributed by atoms with Crippen LogP contribution in [0.2, 0.25) is 0 Å². The number of pyridine rings is 1. The van der Waals surface area contributed by atoms with Crippen molar-refractivity contribution in [3.63, 3.8) is 0 Å². The first-order valence-corrected chi connectivity index (χ1v) is 12.7. The first kappa shape index (κ1) is 24.5. The van der Waals surface area contributed by atoms with Gasteiger partial charge in [-0.3, -0.25) is 14.6 Å².